The van der Waals surface area contributed by atoms with Crippen LogP contribution in [0.2, 0.25) is 0 Å². The summed E-state index contributed by atoms with van der Waals surface area (Å²) in [7, 11) is 0. The van der Waals surface area contributed by atoms with Crippen LogP contribution in [0.15, 0.2) is 65.0 Å². The molecule has 0 radical (unpaired) electrons. The number of aromatic nitrogens is 3. The summed E-state index contributed by atoms with van der Waals surface area (Å²) in [5.74, 6) is 2.11. The third-order valence-corrected chi connectivity index (χ3v) is 5.97. The smallest absolute Gasteiger partial charge is 0.255 e. The van der Waals surface area contributed by atoms with E-state index in [-0.39, 0.29) is 5.91 Å². The van der Waals surface area contributed by atoms with Gasteiger partial charge in [0.1, 0.15) is 11.8 Å². The molecule has 7 nitrogen and oxygen atoms in total. The summed E-state index contributed by atoms with van der Waals surface area (Å²) < 4.78 is 7.40. The number of nitrogens with zero attached hydrogens (tertiary/aromatic N) is 3. The van der Waals surface area contributed by atoms with Gasteiger partial charge in [0.05, 0.1) is 12.2 Å². The number of fused-ring (bicyclic) bond motifs is 1. The summed E-state index contributed by atoms with van der Waals surface area (Å²) in [6, 6.07) is 15.1. The monoisotopic (exact) mass is 449 g/mol. The number of benzene rings is 2. The molecule has 8 heteroatoms. The minimum atomic E-state index is -0.412. The molecule has 0 saturated carbocycles. The van der Waals surface area contributed by atoms with Crippen LogP contribution in [0.5, 0.6) is 5.75 Å². The number of thioether (sulfide) groups is 1. The summed E-state index contributed by atoms with van der Waals surface area (Å²) in [6.07, 6.45) is 0. The highest BCUT2D eigenvalue weighted by atomic mass is 32.2. The van der Waals surface area contributed by atoms with Crippen molar-refractivity contribution in [3.8, 4) is 5.75 Å². The molecule has 4 rings (SSSR count). The second-order valence-corrected chi connectivity index (χ2v) is 8.66. The highest BCUT2D eigenvalue weighted by molar-refractivity contribution is 7.99. The van der Waals surface area contributed by atoms with Gasteiger partial charge in [0.2, 0.25) is 11.1 Å². The van der Waals surface area contributed by atoms with Crippen molar-refractivity contribution in [3.05, 3.63) is 70.9 Å². The molecule has 1 aliphatic heterocycles. The van der Waals surface area contributed by atoms with Crippen molar-refractivity contribution in [2.75, 3.05) is 23.0 Å². The zero-order valence-electron chi connectivity index (χ0n) is 18.7. The number of aryl methyl sites for hydroxylation is 1. The van der Waals surface area contributed by atoms with E-state index in [1.54, 1.807) is 16.4 Å². The van der Waals surface area contributed by atoms with Crippen LogP contribution in [0.3, 0.4) is 0 Å². The second kappa shape index (κ2) is 9.48. The average molecular weight is 450 g/mol. The molecule has 32 heavy (non-hydrogen) atoms. The zero-order chi connectivity index (χ0) is 22.7. The number of rotatable bonds is 7. The number of carbonyl (C=O) groups excluding carboxylic acids is 1. The van der Waals surface area contributed by atoms with Crippen LogP contribution < -0.4 is 15.4 Å². The first-order valence-corrected chi connectivity index (χ1v) is 11.7. The van der Waals surface area contributed by atoms with Crippen LogP contribution in [-0.4, -0.2) is 33.0 Å². The van der Waals surface area contributed by atoms with Gasteiger partial charge in [-0.1, -0.05) is 49.0 Å². The van der Waals surface area contributed by atoms with E-state index in [4.69, 9.17) is 9.84 Å². The fourth-order valence-corrected chi connectivity index (χ4v) is 4.29. The molecular formula is C24H27N5O2S. The highest BCUT2D eigenvalue weighted by Gasteiger charge is 2.34. The lowest BCUT2D eigenvalue weighted by Gasteiger charge is -2.29. The number of para-hydroxylation sites is 1. The Hall–Kier alpha value is -3.26. The Balaban J connectivity index is 1.76. The van der Waals surface area contributed by atoms with E-state index in [2.05, 4.69) is 22.5 Å². The Morgan fingerprint density at radius 3 is 2.59 bits per heavy atom. The third kappa shape index (κ3) is 4.36. The van der Waals surface area contributed by atoms with Gasteiger partial charge in [0.25, 0.3) is 5.91 Å². The average Bonchev–Trinajstić information content (AvgIpc) is 3.17. The highest BCUT2D eigenvalue weighted by Crippen LogP contribution is 2.37. The van der Waals surface area contributed by atoms with Gasteiger partial charge >= 0.3 is 0 Å². The van der Waals surface area contributed by atoms with E-state index in [9.17, 15) is 4.79 Å². The molecule has 0 spiro atoms. The minimum Gasteiger partial charge on any atom is -0.494 e. The number of nitrogens with one attached hydrogen (secondary N) is 2. The third-order valence-electron chi connectivity index (χ3n) is 5.25. The fraction of sp³-hybridized carbons (Fsp3) is 0.292. The van der Waals surface area contributed by atoms with E-state index in [1.807, 2.05) is 69.3 Å². The molecule has 1 atom stereocenters. The van der Waals surface area contributed by atoms with Gasteiger partial charge < -0.3 is 15.4 Å². The van der Waals surface area contributed by atoms with Crippen molar-refractivity contribution in [1.29, 1.82) is 0 Å². The summed E-state index contributed by atoms with van der Waals surface area (Å²) in [6.45, 7) is 8.49. The first-order valence-electron chi connectivity index (χ1n) is 10.7. The molecule has 2 aromatic carbocycles. The van der Waals surface area contributed by atoms with Gasteiger partial charge in [-0.05, 0) is 55.9 Å². The van der Waals surface area contributed by atoms with Crippen LogP contribution in [0.4, 0.5) is 11.6 Å². The van der Waals surface area contributed by atoms with Crippen molar-refractivity contribution >= 4 is 29.3 Å². The van der Waals surface area contributed by atoms with Crippen LogP contribution in [0.25, 0.3) is 0 Å². The lowest BCUT2D eigenvalue weighted by molar-refractivity contribution is -0.113. The van der Waals surface area contributed by atoms with Gasteiger partial charge in [0, 0.05) is 11.4 Å². The number of allylic oxidation sites excluding steroid dienone is 1. The van der Waals surface area contributed by atoms with Crippen molar-refractivity contribution in [2.24, 2.45) is 0 Å². The first kappa shape index (κ1) is 22.0. The lowest BCUT2D eigenvalue weighted by atomic mass is 9.95. The molecule has 2 heterocycles. The van der Waals surface area contributed by atoms with E-state index in [0.29, 0.717) is 23.3 Å². The van der Waals surface area contributed by atoms with Crippen LogP contribution in [0.1, 0.15) is 37.9 Å². The molecular weight excluding hydrogens is 422 g/mol. The zero-order valence-corrected chi connectivity index (χ0v) is 19.5. The van der Waals surface area contributed by atoms with Gasteiger partial charge in [0.15, 0.2) is 0 Å². The standard InChI is InChI=1S/C24H27N5O2S/c1-5-31-18-13-11-17(12-14-18)21-20(22(30)26-19-10-8-7-9-15(19)3)16(4)25-23-27-24(32-6-2)28-29(21)23/h7-14,21H,5-6H2,1-4H3,(H,26,30)(H,25,27,28)/t21-/m0/s1. The van der Waals surface area contributed by atoms with Crippen molar-refractivity contribution in [2.45, 2.75) is 38.9 Å². The maximum absolute atomic E-state index is 13.5. The molecule has 0 fully saturated rings. The van der Waals surface area contributed by atoms with Gasteiger partial charge in [-0.15, -0.1) is 5.10 Å². The molecule has 166 valence electrons. The SMILES string of the molecule is CCOc1ccc([C@H]2C(C(=O)Nc3ccccc3C)=C(C)Nc3nc(SCC)nn32)cc1. The summed E-state index contributed by atoms with van der Waals surface area (Å²) in [5, 5.41) is 11.7. The summed E-state index contributed by atoms with van der Waals surface area (Å²) >= 11 is 1.57. The maximum Gasteiger partial charge on any atom is 0.255 e. The molecule has 2 N–H and O–H groups in total. The molecule has 0 unspecified atom stereocenters. The normalized spacial score (nSPS) is 15.2. The van der Waals surface area contributed by atoms with Gasteiger partial charge in [-0.2, -0.15) is 4.98 Å². The molecule has 1 aliphatic rings. The number of amides is 1. The van der Waals surface area contributed by atoms with Crippen LogP contribution >= 0.6 is 11.8 Å². The Morgan fingerprint density at radius 2 is 1.91 bits per heavy atom. The molecule has 0 aliphatic carbocycles. The number of carbonyl (C=O) groups is 1. The molecule has 1 amide bonds. The first-order chi connectivity index (χ1) is 15.5. The van der Waals surface area contributed by atoms with Crippen molar-refractivity contribution < 1.29 is 9.53 Å². The van der Waals surface area contributed by atoms with Crippen LogP contribution in [-0.2, 0) is 4.79 Å². The fourth-order valence-electron chi connectivity index (χ4n) is 3.74. The van der Waals surface area contributed by atoms with Gasteiger partial charge in [-0.3, -0.25) is 4.79 Å². The summed E-state index contributed by atoms with van der Waals surface area (Å²) in [5.41, 5.74) is 4.08. The Bertz CT molecular complexity index is 1150. The molecule has 0 bridgehead atoms. The molecule has 0 saturated heterocycles. The predicted octanol–water partition coefficient (Wildman–Crippen LogP) is 5.02. The van der Waals surface area contributed by atoms with Crippen LogP contribution in [0, 0.1) is 6.92 Å². The van der Waals surface area contributed by atoms with E-state index in [0.717, 1.165) is 34.0 Å². The maximum atomic E-state index is 13.5. The number of ether oxygens (including phenoxy) is 1. The largest absolute Gasteiger partial charge is 0.494 e. The number of hydrogen-bond donors (Lipinski definition) is 2. The Kier molecular flexibility index (Phi) is 6.50. The molecule has 3 aromatic rings. The number of anilines is 2. The van der Waals surface area contributed by atoms with E-state index in [1.165, 1.54) is 0 Å². The Labute approximate surface area is 192 Å². The van der Waals surface area contributed by atoms with E-state index >= 15 is 0 Å². The minimum absolute atomic E-state index is 0.172. The summed E-state index contributed by atoms with van der Waals surface area (Å²) in [4.78, 5) is 18.1. The van der Waals surface area contributed by atoms with Crippen molar-refractivity contribution in [3.63, 3.8) is 0 Å². The Morgan fingerprint density at radius 1 is 1.16 bits per heavy atom. The quantitative estimate of drug-likeness (QED) is 0.493. The van der Waals surface area contributed by atoms with Gasteiger partial charge in [-0.25, -0.2) is 4.68 Å². The van der Waals surface area contributed by atoms with Crippen molar-refractivity contribution in [1.82, 2.24) is 14.8 Å². The predicted molar refractivity (Wildman–Crippen MR) is 128 cm³/mol. The second-order valence-electron chi connectivity index (χ2n) is 7.43. The number of hydrogen-bond acceptors (Lipinski definition) is 6. The molecule has 1 aromatic heterocycles. The lowest BCUT2D eigenvalue weighted by Crippen LogP contribution is -2.31. The van der Waals surface area contributed by atoms with E-state index < -0.39 is 6.04 Å². The topological polar surface area (TPSA) is 81.1 Å².